The van der Waals surface area contributed by atoms with Crippen molar-refractivity contribution in [3.63, 3.8) is 0 Å². The van der Waals surface area contributed by atoms with Crippen LogP contribution in [0.4, 0.5) is 5.69 Å². The van der Waals surface area contributed by atoms with Crippen molar-refractivity contribution >= 4 is 34.1 Å². The normalized spacial score (nSPS) is 10.9. The quantitative estimate of drug-likeness (QED) is 0.733. The lowest BCUT2D eigenvalue weighted by Crippen LogP contribution is -2.41. The van der Waals surface area contributed by atoms with Crippen LogP contribution in [0.1, 0.15) is 18.9 Å². The van der Waals surface area contributed by atoms with E-state index in [0.29, 0.717) is 34.6 Å². The Labute approximate surface area is 161 Å². The Kier molecular flexibility index (Phi) is 5.46. The molecule has 0 bridgehead atoms. The van der Waals surface area contributed by atoms with Gasteiger partial charge in [-0.2, -0.15) is 0 Å². The van der Waals surface area contributed by atoms with E-state index in [1.165, 1.54) is 9.13 Å². The summed E-state index contributed by atoms with van der Waals surface area (Å²) in [5.74, 6) is -0.366. The Hall–Kier alpha value is -2.86. The van der Waals surface area contributed by atoms with Crippen LogP contribution in [0, 0.1) is 6.92 Å². The Morgan fingerprint density at radius 3 is 2.59 bits per heavy atom. The summed E-state index contributed by atoms with van der Waals surface area (Å²) in [7, 11) is 0. The minimum Gasteiger partial charge on any atom is -0.324 e. The second-order valence-corrected chi connectivity index (χ2v) is 6.79. The molecule has 0 radical (unpaired) electrons. The van der Waals surface area contributed by atoms with E-state index in [9.17, 15) is 14.4 Å². The third-order valence-electron chi connectivity index (χ3n) is 4.35. The van der Waals surface area contributed by atoms with Gasteiger partial charge in [0.2, 0.25) is 5.91 Å². The number of carbonyl (C=O) groups excluding carboxylic acids is 1. The van der Waals surface area contributed by atoms with Crippen LogP contribution in [-0.4, -0.2) is 15.0 Å². The van der Waals surface area contributed by atoms with E-state index < -0.39 is 5.69 Å². The molecule has 3 aromatic rings. The van der Waals surface area contributed by atoms with E-state index in [4.69, 9.17) is 11.6 Å². The molecule has 0 fully saturated rings. The maximum atomic E-state index is 12.8. The lowest BCUT2D eigenvalue weighted by molar-refractivity contribution is -0.116. The molecule has 0 aliphatic rings. The third-order valence-corrected chi connectivity index (χ3v) is 4.59. The number of para-hydroxylation sites is 1. The SMILES string of the molecule is CCCn1c(=O)c2ccccc2n(CC(=O)Nc2cc(Cl)ccc2C)c1=O. The van der Waals surface area contributed by atoms with Gasteiger partial charge in [0.1, 0.15) is 6.54 Å². The number of carbonyl (C=O) groups is 1. The van der Waals surface area contributed by atoms with Crippen molar-refractivity contribution in [3.8, 4) is 0 Å². The molecule has 1 N–H and O–H groups in total. The number of halogens is 1. The van der Waals surface area contributed by atoms with Crippen molar-refractivity contribution in [2.45, 2.75) is 33.4 Å². The first-order valence-corrected chi connectivity index (χ1v) is 9.08. The first kappa shape index (κ1) is 18.9. The minimum absolute atomic E-state index is 0.199. The average Bonchev–Trinajstić information content (AvgIpc) is 2.65. The van der Waals surface area contributed by atoms with Crippen LogP contribution in [0.15, 0.2) is 52.1 Å². The molecule has 1 aromatic heterocycles. The molecule has 0 saturated heterocycles. The summed E-state index contributed by atoms with van der Waals surface area (Å²) < 4.78 is 2.52. The zero-order valence-electron chi connectivity index (χ0n) is 15.2. The number of aryl methyl sites for hydroxylation is 1. The maximum Gasteiger partial charge on any atom is 0.331 e. The lowest BCUT2D eigenvalue weighted by Gasteiger charge is -2.14. The molecule has 3 rings (SSSR count). The van der Waals surface area contributed by atoms with Crippen LogP contribution < -0.4 is 16.6 Å². The van der Waals surface area contributed by atoms with Crippen molar-refractivity contribution in [1.82, 2.24) is 9.13 Å². The molecule has 27 heavy (non-hydrogen) atoms. The standard InChI is InChI=1S/C20H20ClN3O3/c1-3-10-23-19(26)15-6-4-5-7-17(15)24(20(23)27)12-18(25)22-16-11-14(21)9-8-13(16)2/h4-9,11H,3,10,12H2,1-2H3,(H,22,25). The van der Waals surface area contributed by atoms with E-state index >= 15 is 0 Å². The topological polar surface area (TPSA) is 73.1 Å². The number of nitrogens with zero attached hydrogens (tertiary/aromatic N) is 2. The Bertz CT molecular complexity index is 1130. The number of fused-ring (bicyclic) bond motifs is 1. The second kappa shape index (κ2) is 7.80. The minimum atomic E-state index is -0.487. The van der Waals surface area contributed by atoms with Gasteiger partial charge in [0.05, 0.1) is 10.9 Å². The average molecular weight is 386 g/mol. The predicted molar refractivity (Wildman–Crippen MR) is 108 cm³/mol. The molecule has 0 aliphatic carbocycles. The number of hydrogen-bond acceptors (Lipinski definition) is 3. The van der Waals surface area contributed by atoms with E-state index in [0.717, 1.165) is 5.56 Å². The lowest BCUT2D eigenvalue weighted by atomic mass is 10.2. The highest BCUT2D eigenvalue weighted by Crippen LogP contribution is 2.20. The second-order valence-electron chi connectivity index (χ2n) is 6.35. The Balaban J connectivity index is 2.03. The molecule has 0 saturated carbocycles. The number of rotatable bonds is 5. The van der Waals surface area contributed by atoms with E-state index in [1.54, 1.807) is 42.5 Å². The molecule has 0 unspecified atom stereocenters. The number of nitrogens with one attached hydrogen (secondary N) is 1. The summed E-state index contributed by atoms with van der Waals surface area (Å²) in [6.07, 6.45) is 0.640. The molecular formula is C20H20ClN3O3. The highest BCUT2D eigenvalue weighted by Gasteiger charge is 2.15. The summed E-state index contributed by atoms with van der Waals surface area (Å²) in [6.45, 7) is 3.85. The van der Waals surface area contributed by atoms with E-state index in [1.807, 2.05) is 13.8 Å². The smallest absolute Gasteiger partial charge is 0.324 e. The molecule has 140 valence electrons. The predicted octanol–water partition coefficient (Wildman–Crippen LogP) is 3.17. The first-order valence-electron chi connectivity index (χ1n) is 8.70. The van der Waals surface area contributed by atoms with Gasteiger partial charge in [-0.05, 0) is 43.2 Å². The summed E-state index contributed by atoms with van der Waals surface area (Å²) in [6, 6.07) is 12.0. The van der Waals surface area contributed by atoms with Crippen LogP contribution in [0.5, 0.6) is 0 Å². The third kappa shape index (κ3) is 3.80. The monoisotopic (exact) mass is 385 g/mol. The molecule has 6 nitrogen and oxygen atoms in total. The van der Waals surface area contributed by atoms with Gasteiger partial charge < -0.3 is 5.32 Å². The number of aromatic nitrogens is 2. The van der Waals surface area contributed by atoms with Crippen molar-refractivity contribution in [2.75, 3.05) is 5.32 Å². The van der Waals surface area contributed by atoms with Gasteiger partial charge in [-0.3, -0.25) is 18.7 Å². The summed E-state index contributed by atoms with van der Waals surface area (Å²) in [5, 5.41) is 3.71. The summed E-state index contributed by atoms with van der Waals surface area (Å²) in [5.41, 5.74) is 1.07. The fourth-order valence-corrected chi connectivity index (χ4v) is 3.18. The van der Waals surface area contributed by atoms with E-state index in [-0.39, 0.29) is 18.0 Å². The van der Waals surface area contributed by atoms with Crippen molar-refractivity contribution < 1.29 is 4.79 Å². The van der Waals surface area contributed by atoms with Crippen LogP contribution in [0.2, 0.25) is 5.02 Å². The molecule has 0 aliphatic heterocycles. The van der Waals surface area contributed by atoms with E-state index in [2.05, 4.69) is 5.32 Å². The first-order chi connectivity index (χ1) is 12.9. The molecule has 7 heteroatoms. The zero-order chi connectivity index (χ0) is 19.6. The molecule has 0 spiro atoms. The summed E-state index contributed by atoms with van der Waals surface area (Å²) >= 11 is 5.99. The van der Waals surface area contributed by atoms with Crippen LogP contribution >= 0.6 is 11.6 Å². The zero-order valence-corrected chi connectivity index (χ0v) is 15.9. The van der Waals surface area contributed by atoms with Crippen molar-refractivity contribution in [2.24, 2.45) is 0 Å². The van der Waals surface area contributed by atoms with Gasteiger partial charge in [-0.1, -0.05) is 36.7 Å². The van der Waals surface area contributed by atoms with Gasteiger partial charge >= 0.3 is 5.69 Å². The largest absolute Gasteiger partial charge is 0.331 e. The van der Waals surface area contributed by atoms with Crippen LogP contribution in [0.25, 0.3) is 10.9 Å². The Morgan fingerprint density at radius 1 is 1.11 bits per heavy atom. The van der Waals surface area contributed by atoms with Gasteiger partial charge in [-0.25, -0.2) is 4.79 Å². The highest BCUT2D eigenvalue weighted by molar-refractivity contribution is 6.31. The van der Waals surface area contributed by atoms with Crippen LogP contribution in [0.3, 0.4) is 0 Å². The molecule has 2 aromatic carbocycles. The molecule has 1 heterocycles. The molecule has 0 atom stereocenters. The Morgan fingerprint density at radius 2 is 1.85 bits per heavy atom. The van der Waals surface area contributed by atoms with Crippen molar-refractivity contribution in [3.05, 3.63) is 73.9 Å². The van der Waals surface area contributed by atoms with Crippen LogP contribution in [-0.2, 0) is 17.9 Å². The fraction of sp³-hybridized carbons (Fsp3) is 0.250. The van der Waals surface area contributed by atoms with Crippen molar-refractivity contribution in [1.29, 1.82) is 0 Å². The maximum absolute atomic E-state index is 12.8. The van der Waals surface area contributed by atoms with Gasteiger partial charge in [0.15, 0.2) is 0 Å². The number of hydrogen-bond donors (Lipinski definition) is 1. The number of anilines is 1. The number of benzene rings is 2. The molecule has 1 amide bonds. The highest BCUT2D eigenvalue weighted by atomic mass is 35.5. The summed E-state index contributed by atoms with van der Waals surface area (Å²) in [4.78, 5) is 38.0. The van der Waals surface area contributed by atoms with Gasteiger partial charge in [0.25, 0.3) is 5.56 Å². The fourth-order valence-electron chi connectivity index (χ4n) is 3.01. The number of amides is 1. The van der Waals surface area contributed by atoms with Gasteiger partial charge in [0, 0.05) is 17.3 Å². The molecular weight excluding hydrogens is 366 g/mol. The van der Waals surface area contributed by atoms with Gasteiger partial charge in [-0.15, -0.1) is 0 Å².